The highest BCUT2D eigenvalue weighted by Crippen LogP contribution is 2.35. The average molecular weight is 349 g/mol. The van der Waals surface area contributed by atoms with E-state index in [-0.39, 0.29) is 12.5 Å². The summed E-state index contributed by atoms with van der Waals surface area (Å²) in [7, 11) is -4.59. The molecule has 1 aliphatic heterocycles. The molecule has 1 saturated heterocycles. The van der Waals surface area contributed by atoms with Gasteiger partial charge in [0.1, 0.15) is 5.60 Å². The number of thiophene rings is 1. The van der Waals surface area contributed by atoms with Gasteiger partial charge in [0.15, 0.2) is 0 Å². The number of ether oxygens (including phenoxy) is 1. The normalized spacial score (nSPS) is 22.8. The van der Waals surface area contributed by atoms with E-state index in [0.29, 0.717) is 6.54 Å². The summed E-state index contributed by atoms with van der Waals surface area (Å²) >= 11 is 1.49. The number of likely N-dealkylation sites (tertiary alicyclic amines) is 1. The molecule has 1 aromatic heterocycles. The molecule has 0 N–H and O–H groups in total. The van der Waals surface area contributed by atoms with E-state index in [2.05, 4.69) is 0 Å². The average Bonchev–Trinajstić information content (AvgIpc) is 2.92. The van der Waals surface area contributed by atoms with Crippen molar-refractivity contribution in [1.29, 1.82) is 0 Å². The van der Waals surface area contributed by atoms with Gasteiger partial charge in [-0.05, 0) is 43.2 Å². The molecule has 1 amide bonds. The van der Waals surface area contributed by atoms with Crippen molar-refractivity contribution >= 4 is 27.7 Å². The molecule has 5 nitrogen and oxygen atoms in total. The zero-order valence-corrected chi connectivity index (χ0v) is 14.4. The van der Waals surface area contributed by atoms with E-state index in [4.69, 9.17) is 4.74 Å². The van der Waals surface area contributed by atoms with Gasteiger partial charge in [0.2, 0.25) is 0 Å². The van der Waals surface area contributed by atoms with Crippen LogP contribution in [0.2, 0.25) is 0 Å². The van der Waals surface area contributed by atoms with E-state index in [9.17, 15) is 17.1 Å². The van der Waals surface area contributed by atoms with Crippen LogP contribution in [0.5, 0.6) is 0 Å². The highest BCUT2D eigenvalue weighted by Gasteiger charge is 2.40. The van der Waals surface area contributed by atoms with Gasteiger partial charge in [0.25, 0.3) is 0 Å². The summed E-state index contributed by atoms with van der Waals surface area (Å²) in [5, 5.41) is 3.79. The first-order valence-electron chi connectivity index (χ1n) is 6.97. The molecule has 2 unspecified atom stereocenters. The summed E-state index contributed by atoms with van der Waals surface area (Å²) in [4.78, 5) is 13.6. The molecule has 2 atom stereocenters. The second kappa shape index (κ2) is 6.16. The Morgan fingerprint density at radius 3 is 2.64 bits per heavy atom. The van der Waals surface area contributed by atoms with Crippen LogP contribution in [0, 0.1) is 5.92 Å². The first-order valence-corrected chi connectivity index (χ1v) is 9.47. The van der Waals surface area contributed by atoms with Crippen LogP contribution >= 0.6 is 11.3 Å². The Kier molecular flexibility index (Phi) is 4.81. The molecule has 0 bridgehead atoms. The third kappa shape index (κ3) is 4.67. The van der Waals surface area contributed by atoms with Crippen molar-refractivity contribution in [2.24, 2.45) is 5.92 Å². The molecule has 1 fully saturated rings. The third-order valence-electron chi connectivity index (χ3n) is 3.48. The monoisotopic (exact) mass is 349 g/mol. The quantitative estimate of drug-likeness (QED) is 0.787. The van der Waals surface area contributed by atoms with Crippen LogP contribution in [0.4, 0.5) is 8.68 Å². The van der Waals surface area contributed by atoms with Crippen LogP contribution < -0.4 is 0 Å². The topological polar surface area (TPSA) is 63.7 Å². The number of nitrogens with zero attached hydrogens (tertiary/aromatic N) is 1. The molecular weight excluding hydrogens is 329 g/mol. The van der Waals surface area contributed by atoms with Gasteiger partial charge in [0, 0.05) is 24.9 Å². The number of halogens is 1. The molecule has 2 heterocycles. The van der Waals surface area contributed by atoms with Crippen molar-refractivity contribution in [2.75, 3.05) is 18.8 Å². The van der Waals surface area contributed by atoms with Crippen LogP contribution in [-0.2, 0) is 15.0 Å². The van der Waals surface area contributed by atoms with E-state index in [0.717, 1.165) is 5.56 Å². The van der Waals surface area contributed by atoms with Crippen molar-refractivity contribution in [3.05, 3.63) is 22.4 Å². The lowest BCUT2D eigenvalue weighted by atomic mass is 9.92. The van der Waals surface area contributed by atoms with Crippen LogP contribution in [-0.4, -0.2) is 43.9 Å². The molecule has 1 aromatic rings. The van der Waals surface area contributed by atoms with Gasteiger partial charge in [-0.1, -0.05) is 0 Å². The Morgan fingerprint density at radius 2 is 2.14 bits per heavy atom. The fourth-order valence-electron chi connectivity index (χ4n) is 2.64. The summed E-state index contributed by atoms with van der Waals surface area (Å²) in [6.45, 7) is 5.81. The van der Waals surface area contributed by atoms with Crippen molar-refractivity contribution in [3.63, 3.8) is 0 Å². The summed E-state index contributed by atoms with van der Waals surface area (Å²) < 4.78 is 40.4. The predicted octanol–water partition coefficient (Wildman–Crippen LogP) is 3.00. The Bertz CT molecular complexity index is 622. The summed E-state index contributed by atoms with van der Waals surface area (Å²) in [5.74, 6) is -1.23. The molecular formula is C14H20FNO4S2. The van der Waals surface area contributed by atoms with Crippen molar-refractivity contribution in [3.8, 4) is 0 Å². The second-order valence-electron chi connectivity index (χ2n) is 6.51. The van der Waals surface area contributed by atoms with Crippen LogP contribution in [0.25, 0.3) is 0 Å². The minimum Gasteiger partial charge on any atom is -0.444 e. The van der Waals surface area contributed by atoms with Crippen LogP contribution in [0.15, 0.2) is 16.8 Å². The molecule has 22 heavy (non-hydrogen) atoms. The molecule has 1 aliphatic rings. The van der Waals surface area contributed by atoms with Gasteiger partial charge < -0.3 is 9.64 Å². The third-order valence-corrected chi connectivity index (χ3v) is 5.00. The molecule has 0 radical (unpaired) electrons. The van der Waals surface area contributed by atoms with Gasteiger partial charge >= 0.3 is 16.3 Å². The minimum atomic E-state index is -4.59. The lowest BCUT2D eigenvalue weighted by Gasteiger charge is -2.24. The zero-order valence-electron chi connectivity index (χ0n) is 12.8. The van der Waals surface area contributed by atoms with E-state index < -0.39 is 33.6 Å². The van der Waals surface area contributed by atoms with Crippen molar-refractivity contribution < 1.29 is 21.8 Å². The number of carbonyl (C=O) groups excluding carboxylic acids is 1. The first kappa shape index (κ1) is 17.2. The highest BCUT2D eigenvalue weighted by atomic mass is 32.3. The lowest BCUT2D eigenvalue weighted by molar-refractivity contribution is 0.0287. The Balaban J connectivity index is 2.16. The molecule has 0 aliphatic carbocycles. The second-order valence-corrected chi connectivity index (χ2v) is 8.71. The van der Waals surface area contributed by atoms with Gasteiger partial charge in [-0.3, -0.25) is 0 Å². The highest BCUT2D eigenvalue weighted by molar-refractivity contribution is 7.86. The lowest BCUT2D eigenvalue weighted by Crippen LogP contribution is -2.35. The molecule has 2 rings (SSSR count). The predicted molar refractivity (Wildman–Crippen MR) is 83.3 cm³/mol. The van der Waals surface area contributed by atoms with Gasteiger partial charge in [0.05, 0.1) is 5.75 Å². The molecule has 0 spiro atoms. The van der Waals surface area contributed by atoms with E-state index in [1.165, 1.54) is 16.2 Å². The minimum absolute atomic E-state index is 0.179. The number of hydrogen-bond acceptors (Lipinski definition) is 5. The van der Waals surface area contributed by atoms with E-state index >= 15 is 0 Å². The standard InChI is InChI=1S/C14H20FNO4S2/c1-14(2,3)20-13(17)16-6-11(9-22(15,18)19)12(7-16)10-4-5-21-8-10/h4-5,8,11-12H,6-7,9H2,1-3H3. The first-order chi connectivity index (χ1) is 10.1. The SMILES string of the molecule is CC(C)(C)OC(=O)N1CC(CS(=O)(=O)F)C(c2ccsc2)C1. The van der Waals surface area contributed by atoms with Gasteiger partial charge in [-0.2, -0.15) is 19.8 Å². The maximum atomic E-state index is 13.1. The Morgan fingerprint density at radius 1 is 1.45 bits per heavy atom. The maximum Gasteiger partial charge on any atom is 0.410 e. The summed E-state index contributed by atoms with van der Waals surface area (Å²) in [6.07, 6.45) is -0.494. The largest absolute Gasteiger partial charge is 0.444 e. The van der Waals surface area contributed by atoms with Gasteiger partial charge in [-0.25, -0.2) is 4.79 Å². The van der Waals surface area contributed by atoms with Crippen LogP contribution in [0.3, 0.4) is 0 Å². The number of rotatable bonds is 3. The van der Waals surface area contributed by atoms with Gasteiger partial charge in [-0.15, -0.1) is 3.89 Å². The number of carbonyl (C=O) groups is 1. The fourth-order valence-corrected chi connectivity index (χ4v) is 4.21. The van der Waals surface area contributed by atoms with E-state index in [1.807, 2.05) is 16.8 Å². The molecule has 0 saturated carbocycles. The summed E-state index contributed by atoms with van der Waals surface area (Å²) in [6, 6.07) is 1.88. The van der Waals surface area contributed by atoms with Crippen molar-refractivity contribution in [2.45, 2.75) is 32.3 Å². The molecule has 8 heteroatoms. The van der Waals surface area contributed by atoms with Crippen LogP contribution in [0.1, 0.15) is 32.3 Å². The molecule has 0 aromatic carbocycles. The summed E-state index contributed by atoms with van der Waals surface area (Å²) in [5.41, 5.74) is 0.309. The fraction of sp³-hybridized carbons (Fsp3) is 0.643. The Hall–Kier alpha value is -1.15. The Labute approximate surface area is 134 Å². The zero-order chi connectivity index (χ0) is 16.5. The van der Waals surface area contributed by atoms with E-state index in [1.54, 1.807) is 20.8 Å². The number of amides is 1. The smallest absolute Gasteiger partial charge is 0.410 e. The molecule has 124 valence electrons. The number of hydrogen-bond donors (Lipinski definition) is 0. The van der Waals surface area contributed by atoms with Crippen molar-refractivity contribution in [1.82, 2.24) is 4.90 Å². The maximum absolute atomic E-state index is 13.1.